The normalized spacial score (nSPS) is 30.2. The largest absolute Gasteiger partial charge is 0.497 e. The van der Waals surface area contributed by atoms with E-state index in [0.29, 0.717) is 29.5 Å². The number of fused-ring (bicyclic) bond motifs is 1. The number of nitrogens with zero attached hydrogens (tertiary/aromatic N) is 1. The number of rotatable bonds is 3. The van der Waals surface area contributed by atoms with Gasteiger partial charge in [0.15, 0.2) is 5.67 Å². The molecule has 2 heterocycles. The van der Waals surface area contributed by atoms with Gasteiger partial charge < -0.3 is 14.4 Å². The Labute approximate surface area is 113 Å². The van der Waals surface area contributed by atoms with Crippen molar-refractivity contribution in [1.82, 2.24) is 4.90 Å². The van der Waals surface area contributed by atoms with Gasteiger partial charge >= 0.3 is 0 Å². The van der Waals surface area contributed by atoms with E-state index in [2.05, 4.69) is 11.9 Å². The van der Waals surface area contributed by atoms with Crippen LogP contribution in [-0.2, 0) is 5.67 Å². The first-order valence-corrected chi connectivity index (χ1v) is 6.83. The minimum Gasteiger partial charge on any atom is -0.497 e. The van der Waals surface area contributed by atoms with Crippen molar-refractivity contribution < 1.29 is 13.9 Å². The lowest BCUT2D eigenvalue weighted by molar-refractivity contribution is 0.0796. The molecule has 0 aromatic heterocycles. The molecule has 4 heteroatoms. The molecule has 0 aliphatic carbocycles. The Morgan fingerprint density at radius 3 is 3.05 bits per heavy atom. The van der Waals surface area contributed by atoms with Gasteiger partial charge in [-0.3, -0.25) is 0 Å². The van der Waals surface area contributed by atoms with Crippen LogP contribution in [0.1, 0.15) is 24.8 Å². The van der Waals surface area contributed by atoms with E-state index < -0.39 is 5.67 Å². The maximum atomic E-state index is 15.2. The van der Waals surface area contributed by atoms with E-state index in [1.54, 1.807) is 19.2 Å². The van der Waals surface area contributed by atoms with Gasteiger partial charge in [0.1, 0.15) is 18.1 Å². The standard InChI is InChI=1S/C15H20FNO2/c1-17-7-3-4-11(17)9-15(16)10-19-14-6-5-12(18-2)8-13(14)15/h5-6,8,11H,3-4,7,9-10H2,1-2H3/t11-,15+/m0/s1. The van der Waals surface area contributed by atoms with E-state index in [0.717, 1.165) is 19.4 Å². The summed E-state index contributed by atoms with van der Waals surface area (Å²) in [5.74, 6) is 1.34. The zero-order valence-corrected chi connectivity index (χ0v) is 11.5. The molecule has 0 spiro atoms. The number of hydrogen-bond donors (Lipinski definition) is 0. The Morgan fingerprint density at radius 1 is 1.53 bits per heavy atom. The summed E-state index contributed by atoms with van der Waals surface area (Å²) < 4.78 is 25.9. The third kappa shape index (κ3) is 2.18. The molecular weight excluding hydrogens is 245 g/mol. The number of hydrogen-bond acceptors (Lipinski definition) is 3. The Bertz CT molecular complexity index is 479. The first-order valence-electron chi connectivity index (χ1n) is 6.83. The van der Waals surface area contributed by atoms with Crippen LogP contribution >= 0.6 is 0 Å². The van der Waals surface area contributed by atoms with Gasteiger partial charge in [-0.05, 0) is 44.6 Å². The first-order chi connectivity index (χ1) is 9.12. The molecule has 0 saturated carbocycles. The molecule has 1 aromatic rings. The average molecular weight is 265 g/mol. The molecule has 0 bridgehead atoms. The van der Waals surface area contributed by atoms with Gasteiger partial charge in [0.2, 0.25) is 0 Å². The summed E-state index contributed by atoms with van der Waals surface area (Å²) in [6.07, 6.45) is 2.73. The number of halogens is 1. The molecule has 1 fully saturated rings. The second-order valence-electron chi connectivity index (χ2n) is 5.60. The highest BCUT2D eigenvalue weighted by atomic mass is 19.1. The SMILES string of the molecule is COc1ccc2c(c1)[C@@](F)(C[C@@H]1CCCN1C)CO2. The van der Waals surface area contributed by atoms with E-state index >= 15 is 4.39 Å². The van der Waals surface area contributed by atoms with Crippen molar-refractivity contribution in [3.05, 3.63) is 23.8 Å². The van der Waals surface area contributed by atoms with Gasteiger partial charge in [-0.1, -0.05) is 0 Å². The molecule has 104 valence electrons. The average Bonchev–Trinajstić information content (AvgIpc) is 2.95. The van der Waals surface area contributed by atoms with Crippen LogP contribution in [0.3, 0.4) is 0 Å². The lowest BCUT2D eigenvalue weighted by Crippen LogP contribution is -2.34. The highest BCUT2D eigenvalue weighted by Crippen LogP contribution is 2.45. The summed E-state index contributed by atoms with van der Waals surface area (Å²) in [5.41, 5.74) is -0.736. The monoisotopic (exact) mass is 265 g/mol. The van der Waals surface area contributed by atoms with Crippen LogP contribution in [0.2, 0.25) is 0 Å². The van der Waals surface area contributed by atoms with Crippen LogP contribution in [0.25, 0.3) is 0 Å². The summed E-state index contributed by atoms with van der Waals surface area (Å²) in [6, 6.07) is 5.70. The molecule has 0 unspecified atom stereocenters. The maximum absolute atomic E-state index is 15.2. The van der Waals surface area contributed by atoms with E-state index in [4.69, 9.17) is 9.47 Å². The third-order valence-corrected chi connectivity index (χ3v) is 4.36. The van der Waals surface area contributed by atoms with Gasteiger partial charge in [-0.25, -0.2) is 4.39 Å². The second-order valence-corrected chi connectivity index (χ2v) is 5.60. The predicted octanol–water partition coefficient (Wildman–Crippen LogP) is 2.74. The summed E-state index contributed by atoms with van der Waals surface area (Å²) in [7, 11) is 3.67. The topological polar surface area (TPSA) is 21.7 Å². The van der Waals surface area contributed by atoms with Crippen molar-refractivity contribution in [3.8, 4) is 11.5 Å². The quantitative estimate of drug-likeness (QED) is 0.839. The summed E-state index contributed by atoms with van der Waals surface area (Å²) in [4.78, 5) is 2.25. The fraction of sp³-hybridized carbons (Fsp3) is 0.600. The molecule has 0 N–H and O–H groups in total. The van der Waals surface area contributed by atoms with Gasteiger partial charge in [-0.2, -0.15) is 0 Å². The lowest BCUT2D eigenvalue weighted by Gasteiger charge is -2.26. The molecule has 19 heavy (non-hydrogen) atoms. The first kappa shape index (κ1) is 12.7. The lowest BCUT2D eigenvalue weighted by atomic mass is 9.90. The number of methoxy groups -OCH3 is 1. The van der Waals surface area contributed by atoms with Crippen LogP contribution in [-0.4, -0.2) is 38.3 Å². The van der Waals surface area contributed by atoms with E-state index in [9.17, 15) is 0 Å². The van der Waals surface area contributed by atoms with Crippen molar-refractivity contribution in [1.29, 1.82) is 0 Å². The van der Waals surface area contributed by atoms with Gasteiger partial charge in [0, 0.05) is 18.0 Å². The summed E-state index contributed by atoms with van der Waals surface area (Å²) in [5, 5.41) is 0. The Balaban J connectivity index is 1.86. The van der Waals surface area contributed by atoms with Crippen molar-refractivity contribution >= 4 is 0 Å². The Hall–Kier alpha value is -1.29. The minimum atomic E-state index is -1.38. The Kier molecular flexibility index (Phi) is 3.13. The van der Waals surface area contributed by atoms with Crippen LogP contribution in [0.5, 0.6) is 11.5 Å². The number of likely N-dealkylation sites (tertiary alicyclic amines) is 1. The fourth-order valence-corrected chi connectivity index (χ4v) is 3.16. The maximum Gasteiger partial charge on any atom is 0.174 e. The zero-order chi connectivity index (χ0) is 13.5. The van der Waals surface area contributed by atoms with Crippen LogP contribution in [0.4, 0.5) is 4.39 Å². The number of alkyl halides is 1. The summed E-state index contributed by atoms with van der Waals surface area (Å²) >= 11 is 0. The van der Waals surface area contributed by atoms with Crippen LogP contribution < -0.4 is 9.47 Å². The van der Waals surface area contributed by atoms with Crippen LogP contribution in [0.15, 0.2) is 18.2 Å². The van der Waals surface area contributed by atoms with E-state index in [1.165, 1.54) is 0 Å². The zero-order valence-electron chi connectivity index (χ0n) is 11.5. The molecule has 0 amide bonds. The van der Waals surface area contributed by atoms with E-state index in [-0.39, 0.29) is 6.61 Å². The predicted molar refractivity (Wildman–Crippen MR) is 71.5 cm³/mol. The van der Waals surface area contributed by atoms with Gasteiger partial charge in [0.05, 0.1) is 7.11 Å². The molecule has 2 atom stereocenters. The molecule has 3 nitrogen and oxygen atoms in total. The van der Waals surface area contributed by atoms with Crippen molar-refractivity contribution in [2.75, 3.05) is 27.3 Å². The number of benzene rings is 1. The summed E-state index contributed by atoms with van der Waals surface area (Å²) in [6.45, 7) is 1.19. The van der Waals surface area contributed by atoms with Gasteiger partial charge in [0.25, 0.3) is 0 Å². The van der Waals surface area contributed by atoms with Crippen molar-refractivity contribution in [2.24, 2.45) is 0 Å². The van der Waals surface area contributed by atoms with Crippen molar-refractivity contribution in [3.63, 3.8) is 0 Å². The Morgan fingerprint density at radius 2 is 2.37 bits per heavy atom. The van der Waals surface area contributed by atoms with Gasteiger partial charge in [-0.15, -0.1) is 0 Å². The fourth-order valence-electron chi connectivity index (χ4n) is 3.16. The second kappa shape index (κ2) is 4.67. The highest BCUT2D eigenvalue weighted by molar-refractivity contribution is 5.46. The van der Waals surface area contributed by atoms with Crippen molar-refractivity contribution in [2.45, 2.75) is 31.0 Å². The van der Waals surface area contributed by atoms with Crippen LogP contribution in [0, 0.1) is 0 Å². The molecule has 1 saturated heterocycles. The molecule has 2 aliphatic rings. The highest BCUT2D eigenvalue weighted by Gasteiger charge is 2.44. The molecule has 3 rings (SSSR count). The number of ether oxygens (including phenoxy) is 2. The molecule has 1 aromatic carbocycles. The van der Waals surface area contributed by atoms with E-state index in [1.807, 2.05) is 6.07 Å². The minimum absolute atomic E-state index is 0.125. The molecular formula is C15H20FNO2. The molecule has 0 radical (unpaired) electrons. The molecule has 2 aliphatic heterocycles. The smallest absolute Gasteiger partial charge is 0.174 e. The third-order valence-electron chi connectivity index (χ3n) is 4.36.